The van der Waals surface area contributed by atoms with Gasteiger partial charge in [-0.05, 0) is 59.7 Å². The van der Waals surface area contributed by atoms with Crippen LogP contribution in [-0.4, -0.2) is 15.1 Å². The zero-order chi connectivity index (χ0) is 17.9. The molecule has 0 bridgehead atoms. The SMILES string of the molecule is Oc1cccc(-c2cc(-c3cccnc3)nc(-c3cccc(Cl)c3)c2)c1. The van der Waals surface area contributed by atoms with Crippen molar-refractivity contribution in [2.24, 2.45) is 0 Å². The molecule has 0 aliphatic rings. The summed E-state index contributed by atoms with van der Waals surface area (Å²) in [6.07, 6.45) is 3.52. The first-order valence-electron chi connectivity index (χ1n) is 8.17. The van der Waals surface area contributed by atoms with Crippen molar-refractivity contribution in [1.29, 1.82) is 0 Å². The van der Waals surface area contributed by atoms with Crippen molar-refractivity contribution in [1.82, 2.24) is 9.97 Å². The maximum absolute atomic E-state index is 9.84. The quantitative estimate of drug-likeness (QED) is 0.500. The van der Waals surface area contributed by atoms with E-state index < -0.39 is 0 Å². The minimum atomic E-state index is 0.228. The molecule has 0 unspecified atom stereocenters. The molecule has 126 valence electrons. The largest absolute Gasteiger partial charge is 0.508 e. The molecule has 0 saturated carbocycles. The number of phenolic OH excluding ortho intramolecular Hbond substituents is 1. The maximum Gasteiger partial charge on any atom is 0.116 e. The lowest BCUT2D eigenvalue weighted by Gasteiger charge is -2.10. The first-order valence-corrected chi connectivity index (χ1v) is 8.55. The minimum absolute atomic E-state index is 0.228. The standard InChI is InChI=1S/C22H15ClN2O/c23-19-7-1-5-16(10-19)21-12-18(15-4-2-8-20(26)11-15)13-22(25-21)17-6-3-9-24-14-17/h1-14,26H. The number of hydrogen-bond donors (Lipinski definition) is 1. The average Bonchev–Trinajstić information content (AvgIpc) is 2.68. The molecule has 4 aromatic rings. The number of benzene rings is 2. The predicted molar refractivity (Wildman–Crippen MR) is 105 cm³/mol. The van der Waals surface area contributed by atoms with Crippen LogP contribution in [0, 0.1) is 0 Å². The summed E-state index contributed by atoms with van der Waals surface area (Å²) in [6, 6.07) is 22.7. The lowest BCUT2D eigenvalue weighted by atomic mass is 10.0. The van der Waals surface area contributed by atoms with E-state index in [1.54, 1.807) is 24.5 Å². The number of pyridine rings is 2. The summed E-state index contributed by atoms with van der Waals surface area (Å²) in [5.74, 6) is 0.228. The van der Waals surface area contributed by atoms with Crippen molar-refractivity contribution in [3.63, 3.8) is 0 Å². The van der Waals surface area contributed by atoms with Crippen LogP contribution in [0.3, 0.4) is 0 Å². The fraction of sp³-hybridized carbons (Fsp3) is 0. The Morgan fingerprint density at radius 2 is 1.42 bits per heavy atom. The third kappa shape index (κ3) is 3.44. The van der Waals surface area contributed by atoms with Crippen LogP contribution < -0.4 is 0 Å². The Balaban J connectivity index is 1.93. The zero-order valence-electron chi connectivity index (χ0n) is 13.8. The highest BCUT2D eigenvalue weighted by Gasteiger charge is 2.10. The monoisotopic (exact) mass is 358 g/mol. The smallest absolute Gasteiger partial charge is 0.116 e. The summed E-state index contributed by atoms with van der Waals surface area (Å²) < 4.78 is 0. The van der Waals surface area contributed by atoms with E-state index in [-0.39, 0.29) is 5.75 Å². The molecule has 0 amide bonds. The Labute approximate surface area is 156 Å². The van der Waals surface area contributed by atoms with Gasteiger partial charge in [0.25, 0.3) is 0 Å². The van der Waals surface area contributed by atoms with Crippen molar-refractivity contribution in [2.75, 3.05) is 0 Å². The summed E-state index contributed by atoms with van der Waals surface area (Å²) in [6.45, 7) is 0. The molecule has 0 radical (unpaired) electrons. The number of aromatic hydroxyl groups is 1. The second kappa shape index (κ2) is 6.98. The van der Waals surface area contributed by atoms with Gasteiger partial charge < -0.3 is 5.11 Å². The van der Waals surface area contributed by atoms with Gasteiger partial charge in [-0.1, -0.05) is 35.9 Å². The first-order chi connectivity index (χ1) is 12.7. The molecule has 0 atom stereocenters. The molecule has 2 aromatic carbocycles. The molecular weight excluding hydrogens is 344 g/mol. The highest BCUT2D eigenvalue weighted by molar-refractivity contribution is 6.30. The topological polar surface area (TPSA) is 46.0 Å². The summed E-state index contributed by atoms with van der Waals surface area (Å²) in [4.78, 5) is 8.99. The van der Waals surface area contributed by atoms with Crippen molar-refractivity contribution in [3.8, 4) is 39.4 Å². The van der Waals surface area contributed by atoms with E-state index in [1.807, 2.05) is 60.7 Å². The second-order valence-corrected chi connectivity index (χ2v) is 6.37. The Hall–Kier alpha value is -3.17. The van der Waals surface area contributed by atoms with Gasteiger partial charge >= 0.3 is 0 Å². The Bertz CT molecular complexity index is 1000. The summed E-state index contributed by atoms with van der Waals surface area (Å²) in [5.41, 5.74) is 5.37. The zero-order valence-corrected chi connectivity index (χ0v) is 14.6. The molecule has 0 saturated heterocycles. The van der Waals surface area contributed by atoms with Crippen LogP contribution in [0.5, 0.6) is 5.75 Å². The van der Waals surface area contributed by atoms with Gasteiger partial charge in [0.2, 0.25) is 0 Å². The molecule has 26 heavy (non-hydrogen) atoms. The molecule has 4 heteroatoms. The van der Waals surface area contributed by atoms with E-state index >= 15 is 0 Å². The lowest BCUT2D eigenvalue weighted by molar-refractivity contribution is 0.475. The van der Waals surface area contributed by atoms with E-state index in [1.165, 1.54) is 0 Å². The molecule has 3 nitrogen and oxygen atoms in total. The average molecular weight is 359 g/mol. The van der Waals surface area contributed by atoms with Crippen molar-refractivity contribution in [2.45, 2.75) is 0 Å². The highest BCUT2D eigenvalue weighted by Crippen LogP contribution is 2.31. The van der Waals surface area contributed by atoms with E-state index in [9.17, 15) is 5.11 Å². The molecule has 0 aliphatic heterocycles. The Morgan fingerprint density at radius 3 is 2.15 bits per heavy atom. The number of hydrogen-bond acceptors (Lipinski definition) is 3. The van der Waals surface area contributed by atoms with Gasteiger partial charge in [-0.25, -0.2) is 4.98 Å². The maximum atomic E-state index is 9.84. The molecular formula is C22H15ClN2O. The van der Waals surface area contributed by atoms with Crippen molar-refractivity contribution in [3.05, 3.63) is 90.2 Å². The molecule has 2 aromatic heterocycles. The van der Waals surface area contributed by atoms with Crippen LogP contribution in [0.25, 0.3) is 33.6 Å². The fourth-order valence-corrected chi connectivity index (χ4v) is 3.03. The molecule has 0 aliphatic carbocycles. The molecule has 4 rings (SSSR count). The van der Waals surface area contributed by atoms with Gasteiger partial charge in [0.05, 0.1) is 11.4 Å². The van der Waals surface area contributed by atoms with Crippen LogP contribution in [0.2, 0.25) is 5.02 Å². The molecule has 0 spiro atoms. The Morgan fingerprint density at radius 1 is 0.692 bits per heavy atom. The van der Waals surface area contributed by atoms with Crippen molar-refractivity contribution < 1.29 is 5.11 Å². The summed E-state index contributed by atoms with van der Waals surface area (Å²) >= 11 is 6.16. The van der Waals surface area contributed by atoms with Gasteiger partial charge in [0.15, 0.2) is 0 Å². The van der Waals surface area contributed by atoms with E-state index in [0.29, 0.717) is 5.02 Å². The third-order valence-corrected chi connectivity index (χ3v) is 4.32. The fourth-order valence-electron chi connectivity index (χ4n) is 2.84. The van der Waals surface area contributed by atoms with E-state index in [4.69, 9.17) is 16.6 Å². The minimum Gasteiger partial charge on any atom is -0.508 e. The highest BCUT2D eigenvalue weighted by atomic mass is 35.5. The lowest BCUT2D eigenvalue weighted by Crippen LogP contribution is -1.91. The molecule has 1 N–H and O–H groups in total. The second-order valence-electron chi connectivity index (χ2n) is 5.93. The normalized spacial score (nSPS) is 10.7. The van der Waals surface area contributed by atoms with Crippen LogP contribution >= 0.6 is 11.6 Å². The third-order valence-electron chi connectivity index (χ3n) is 4.08. The number of aromatic nitrogens is 2. The molecule has 0 fully saturated rings. The Kier molecular flexibility index (Phi) is 4.38. The molecule has 2 heterocycles. The van der Waals surface area contributed by atoms with E-state index in [0.717, 1.165) is 33.6 Å². The van der Waals surface area contributed by atoms with Gasteiger partial charge in [-0.15, -0.1) is 0 Å². The number of nitrogens with zero attached hydrogens (tertiary/aromatic N) is 2. The summed E-state index contributed by atoms with van der Waals surface area (Å²) in [7, 11) is 0. The number of phenols is 1. The van der Waals surface area contributed by atoms with Gasteiger partial charge in [0.1, 0.15) is 5.75 Å². The van der Waals surface area contributed by atoms with Gasteiger partial charge in [0, 0.05) is 28.5 Å². The predicted octanol–water partition coefficient (Wildman–Crippen LogP) is 5.84. The van der Waals surface area contributed by atoms with Crippen molar-refractivity contribution >= 4 is 11.6 Å². The van der Waals surface area contributed by atoms with Gasteiger partial charge in [-0.2, -0.15) is 0 Å². The van der Waals surface area contributed by atoms with Crippen LogP contribution in [0.1, 0.15) is 0 Å². The number of rotatable bonds is 3. The summed E-state index contributed by atoms with van der Waals surface area (Å²) in [5, 5.41) is 10.5. The number of halogens is 1. The van der Waals surface area contributed by atoms with Gasteiger partial charge in [-0.3, -0.25) is 4.98 Å². The van der Waals surface area contributed by atoms with Crippen LogP contribution in [0.15, 0.2) is 85.2 Å². The first kappa shape index (κ1) is 16.3. The van der Waals surface area contributed by atoms with E-state index in [2.05, 4.69) is 4.98 Å². The van der Waals surface area contributed by atoms with Crippen LogP contribution in [0.4, 0.5) is 0 Å². The van der Waals surface area contributed by atoms with Crippen LogP contribution in [-0.2, 0) is 0 Å².